The van der Waals surface area contributed by atoms with Crippen LogP contribution in [-0.2, 0) is 5.41 Å². The third-order valence-corrected chi connectivity index (χ3v) is 16.0. The predicted molar refractivity (Wildman–Crippen MR) is 188 cm³/mol. The van der Waals surface area contributed by atoms with Gasteiger partial charge < -0.3 is 0 Å². The standard InChI is InChI=1S/C43H27N2P/c1-3-15-29-27(13-1)25-39-43(35-21-9-5-17-31(35)32-18-6-10-22-36(32)43)40-26-28-14-2-4-16-30(28)42-34-20-8-12-24-38(34)46(45(40)42)37-23-11-7-19-33(37)41(29)44(39)46/h1-26,46H/q+2. The molecule has 0 amide bonds. The predicted octanol–water partition coefficient (Wildman–Crippen LogP) is 7.83. The van der Waals surface area contributed by atoms with E-state index >= 15 is 0 Å². The number of nitrogens with zero attached hydrogens (tertiary/aromatic N) is 2. The molecule has 46 heavy (non-hydrogen) atoms. The van der Waals surface area contributed by atoms with Gasteiger partial charge in [-0.15, -0.1) is 0 Å². The Morgan fingerprint density at radius 3 is 1.28 bits per heavy atom. The van der Waals surface area contributed by atoms with Crippen LogP contribution in [0, 0.1) is 0 Å². The van der Waals surface area contributed by atoms with Gasteiger partial charge in [0.05, 0.1) is 0 Å². The van der Waals surface area contributed by atoms with Gasteiger partial charge in [0.1, 0.15) is 0 Å². The zero-order valence-electron chi connectivity index (χ0n) is 24.9. The molecule has 2 aromatic heterocycles. The van der Waals surface area contributed by atoms with Gasteiger partial charge in [-0.1, -0.05) is 0 Å². The molecule has 0 atom stereocenters. The number of fused-ring (bicyclic) bond motifs is 15. The maximum atomic E-state index is 2.90. The summed E-state index contributed by atoms with van der Waals surface area (Å²) in [7, 11) is -2.87. The third-order valence-electron chi connectivity index (χ3n) is 11.4. The first kappa shape index (κ1) is 23.9. The number of hydrogen-bond donors (Lipinski definition) is 0. The summed E-state index contributed by atoms with van der Waals surface area (Å²) in [6.45, 7) is 0. The summed E-state index contributed by atoms with van der Waals surface area (Å²) < 4.78 is 5.80. The Labute approximate surface area is 266 Å². The molecular formula is C43H27N2P+2. The molecule has 0 unspecified atom stereocenters. The van der Waals surface area contributed by atoms with Gasteiger partial charge in [-0.2, -0.15) is 0 Å². The van der Waals surface area contributed by atoms with E-state index in [0.29, 0.717) is 0 Å². The van der Waals surface area contributed by atoms with Gasteiger partial charge in [-0.05, 0) is 0 Å². The molecule has 12 rings (SSSR count). The van der Waals surface area contributed by atoms with Crippen molar-refractivity contribution < 1.29 is 8.68 Å². The van der Waals surface area contributed by atoms with Crippen LogP contribution in [0.4, 0.5) is 0 Å². The first-order chi connectivity index (χ1) is 22.8. The van der Waals surface area contributed by atoms with Crippen LogP contribution >= 0.6 is 7.56 Å². The van der Waals surface area contributed by atoms with Crippen molar-refractivity contribution in [2.24, 2.45) is 0 Å². The molecule has 212 valence electrons. The maximum absolute atomic E-state index is 2.90. The topological polar surface area (TPSA) is 7.76 Å². The number of pyridine rings is 2. The van der Waals surface area contributed by atoms with Crippen molar-refractivity contribution in [2.45, 2.75) is 5.41 Å². The van der Waals surface area contributed by atoms with E-state index in [-0.39, 0.29) is 0 Å². The van der Waals surface area contributed by atoms with Crippen LogP contribution in [0.2, 0.25) is 0 Å². The van der Waals surface area contributed by atoms with Gasteiger partial charge in [-0.25, -0.2) is 0 Å². The van der Waals surface area contributed by atoms with E-state index < -0.39 is 13.0 Å². The molecule has 2 nitrogen and oxygen atoms in total. The van der Waals surface area contributed by atoms with E-state index in [0.717, 1.165) is 0 Å². The van der Waals surface area contributed by atoms with E-state index in [1.807, 2.05) is 0 Å². The summed E-state index contributed by atoms with van der Waals surface area (Å²) in [4.78, 5) is 0. The first-order valence-electron chi connectivity index (χ1n) is 16.2. The zero-order chi connectivity index (χ0) is 29.8. The van der Waals surface area contributed by atoms with Crippen molar-refractivity contribution in [1.82, 2.24) is 0 Å². The van der Waals surface area contributed by atoms with Crippen molar-refractivity contribution in [3.05, 3.63) is 180 Å². The molecule has 6 aromatic carbocycles. The Morgan fingerprint density at radius 2 is 0.783 bits per heavy atom. The first-order valence-corrected chi connectivity index (χ1v) is 18.1. The second-order valence-electron chi connectivity index (χ2n) is 13.2. The minimum atomic E-state index is -2.87. The second-order valence-corrected chi connectivity index (χ2v) is 16.5. The number of rotatable bonds is 0. The Morgan fingerprint density at radius 1 is 0.391 bits per heavy atom. The van der Waals surface area contributed by atoms with E-state index in [1.165, 1.54) is 88.3 Å². The molecule has 0 fully saturated rings. The van der Waals surface area contributed by atoms with E-state index in [4.69, 9.17) is 0 Å². The molecule has 0 saturated heterocycles. The second kappa shape index (κ2) is 7.85. The Kier molecular flexibility index (Phi) is 4.08. The fourth-order valence-electron chi connectivity index (χ4n) is 9.97. The molecule has 0 radical (unpaired) electrons. The van der Waals surface area contributed by atoms with Crippen molar-refractivity contribution in [2.75, 3.05) is 0 Å². The Hall–Kier alpha value is -5.43. The molecule has 3 heteroatoms. The van der Waals surface area contributed by atoms with Crippen molar-refractivity contribution in [3.63, 3.8) is 0 Å². The van der Waals surface area contributed by atoms with Crippen molar-refractivity contribution >= 4 is 39.7 Å². The molecule has 3 aliphatic heterocycles. The van der Waals surface area contributed by atoms with Crippen molar-refractivity contribution in [3.8, 4) is 33.6 Å². The quantitative estimate of drug-likeness (QED) is 0.156. The summed E-state index contributed by atoms with van der Waals surface area (Å²) in [5.74, 6) is 0. The third kappa shape index (κ3) is 2.34. The molecule has 0 saturated carbocycles. The molecular weight excluding hydrogens is 575 g/mol. The molecule has 0 N–H and O–H groups in total. The summed E-state index contributed by atoms with van der Waals surface area (Å²) in [6, 6.07) is 60.3. The van der Waals surface area contributed by atoms with Crippen LogP contribution in [0.1, 0.15) is 22.5 Å². The molecule has 1 aliphatic carbocycles. The Bertz CT molecular complexity index is 2530. The zero-order valence-corrected chi connectivity index (χ0v) is 25.9. The fourth-order valence-corrected chi connectivity index (χ4v) is 15.5. The van der Waals surface area contributed by atoms with E-state index in [1.54, 1.807) is 0 Å². The van der Waals surface area contributed by atoms with Crippen LogP contribution < -0.4 is 19.3 Å². The van der Waals surface area contributed by atoms with Crippen molar-refractivity contribution in [1.29, 1.82) is 0 Å². The summed E-state index contributed by atoms with van der Waals surface area (Å²) in [5.41, 5.74) is 13.2. The monoisotopic (exact) mass is 602 g/mol. The van der Waals surface area contributed by atoms with Gasteiger partial charge in [0, 0.05) is 0 Å². The Balaban J connectivity index is 1.45. The fraction of sp³-hybridized carbons (Fsp3) is 0.0233. The van der Waals surface area contributed by atoms with Gasteiger partial charge in [0.2, 0.25) is 0 Å². The average molecular weight is 603 g/mol. The van der Waals surface area contributed by atoms with Gasteiger partial charge >= 0.3 is 268 Å². The molecule has 4 aliphatic rings. The molecule has 2 spiro atoms. The normalized spacial score (nSPS) is 16.4. The number of hydrogen-bond acceptors (Lipinski definition) is 0. The van der Waals surface area contributed by atoms with Crippen LogP contribution in [0.15, 0.2) is 158 Å². The molecule has 5 heterocycles. The average Bonchev–Trinajstić information content (AvgIpc) is 3.72. The molecule has 0 bridgehead atoms. The van der Waals surface area contributed by atoms with E-state index in [9.17, 15) is 0 Å². The van der Waals surface area contributed by atoms with Crippen LogP contribution in [0.25, 0.3) is 55.2 Å². The summed E-state index contributed by atoms with van der Waals surface area (Å²) >= 11 is 0. The SMILES string of the molecule is c1ccc2c(c1)-c1ccccc1C21c2cc3ccccc3c3[n+]2[PH]2(c4ccccc4-3)c3ccccc3-c3c4ccccc4cc1[n+]32. The van der Waals surface area contributed by atoms with Gasteiger partial charge in [-0.3, -0.25) is 0 Å². The van der Waals surface area contributed by atoms with Gasteiger partial charge in [0.15, 0.2) is 0 Å². The number of benzene rings is 6. The molecule has 8 aromatic rings. The van der Waals surface area contributed by atoms with E-state index in [2.05, 4.69) is 166 Å². The summed E-state index contributed by atoms with van der Waals surface area (Å²) in [5, 5.41) is 8.21. The van der Waals surface area contributed by atoms with Gasteiger partial charge in [0.25, 0.3) is 0 Å². The minimum absolute atomic E-state index is 0.495. The van der Waals surface area contributed by atoms with Crippen LogP contribution in [-0.4, -0.2) is 0 Å². The number of aromatic nitrogens is 2. The summed E-state index contributed by atoms with van der Waals surface area (Å²) in [6.07, 6.45) is 0. The van der Waals surface area contributed by atoms with Crippen LogP contribution in [0.3, 0.4) is 0 Å². The van der Waals surface area contributed by atoms with Crippen LogP contribution in [0.5, 0.6) is 0 Å².